The third-order valence-electron chi connectivity index (χ3n) is 8.61. The molecule has 1 aromatic carbocycles. The quantitative estimate of drug-likeness (QED) is 0.163. The van der Waals surface area contributed by atoms with E-state index in [1.165, 1.54) is 4.57 Å². The zero-order valence-electron chi connectivity index (χ0n) is 27.6. The maximum absolute atomic E-state index is 14.0. The van der Waals surface area contributed by atoms with E-state index in [0.29, 0.717) is 37.7 Å². The van der Waals surface area contributed by atoms with Gasteiger partial charge in [0.05, 0.1) is 24.0 Å². The van der Waals surface area contributed by atoms with E-state index in [0.717, 1.165) is 27.6 Å². The number of benzene rings is 1. The van der Waals surface area contributed by atoms with Crippen LogP contribution in [0.15, 0.2) is 33.9 Å². The van der Waals surface area contributed by atoms with E-state index in [-0.39, 0.29) is 30.3 Å². The van der Waals surface area contributed by atoms with Gasteiger partial charge in [0.1, 0.15) is 5.82 Å². The van der Waals surface area contributed by atoms with Crippen molar-refractivity contribution in [1.82, 2.24) is 34.0 Å². The van der Waals surface area contributed by atoms with Crippen molar-refractivity contribution in [3.05, 3.63) is 56.6 Å². The second-order valence-electron chi connectivity index (χ2n) is 12.2. The van der Waals surface area contributed by atoms with Crippen LogP contribution >= 0.6 is 0 Å². The summed E-state index contributed by atoms with van der Waals surface area (Å²) in [6.45, 7) is 9.51. The summed E-state index contributed by atoms with van der Waals surface area (Å²) < 4.78 is 14.4. The molecule has 1 saturated heterocycles. The Labute approximate surface area is 271 Å². The second-order valence-corrected chi connectivity index (χ2v) is 12.2. The molecule has 0 spiro atoms. The van der Waals surface area contributed by atoms with E-state index in [2.05, 4.69) is 27.1 Å². The van der Waals surface area contributed by atoms with Crippen LogP contribution in [0.1, 0.15) is 58.5 Å². The fourth-order valence-electron chi connectivity index (χ4n) is 5.52. The standard InChI is InChI=1S/C33H40N8O6/c1-7-9-17-40-26-27(38(6)32(45)41(28(26)42)19-25-34-21(3)23-14-10-11-15-24(23)36-25)37-30(40)39-16-12-13-22(18-39)35-31(44)47-20-46-29(43)33(4,5)8-2/h10-11,14-15,22H,8,12-13,16-20H2,1-6H3,(H,35,44)/t22-/m1/s1. The predicted octanol–water partition coefficient (Wildman–Crippen LogP) is 2.85. The summed E-state index contributed by atoms with van der Waals surface area (Å²) in [5.41, 5.74) is 0.197. The van der Waals surface area contributed by atoms with E-state index in [1.54, 1.807) is 32.4 Å². The Balaban J connectivity index is 1.41. The molecule has 0 unspecified atom stereocenters. The molecule has 1 fully saturated rings. The Morgan fingerprint density at radius 2 is 1.87 bits per heavy atom. The van der Waals surface area contributed by atoms with Crippen LogP contribution in [0.4, 0.5) is 10.7 Å². The van der Waals surface area contributed by atoms with Gasteiger partial charge in [-0.1, -0.05) is 31.0 Å². The molecule has 47 heavy (non-hydrogen) atoms. The number of piperidine rings is 1. The minimum atomic E-state index is -0.708. The Morgan fingerprint density at radius 1 is 1.11 bits per heavy atom. The van der Waals surface area contributed by atoms with Crippen LogP contribution in [-0.2, 0) is 34.4 Å². The summed E-state index contributed by atoms with van der Waals surface area (Å²) in [6, 6.07) is 7.27. The number of hydrogen-bond acceptors (Lipinski definition) is 10. The van der Waals surface area contributed by atoms with Crippen molar-refractivity contribution in [3.8, 4) is 11.8 Å². The zero-order valence-corrected chi connectivity index (χ0v) is 27.6. The lowest BCUT2D eigenvalue weighted by molar-refractivity contribution is -0.162. The highest BCUT2D eigenvalue weighted by atomic mass is 16.7. The van der Waals surface area contributed by atoms with Crippen molar-refractivity contribution in [1.29, 1.82) is 0 Å². The molecule has 14 heteroatoms. The van der Waals surface area contributed by atoms with E-state index in [1.807, 2.05) is 43.0 Å². The van der Waals surface area contributed by atoms with Crippen LogP contribution in [0, 0.1) is 24.2 Å². The van der Waals surface area contributed by atoms with Gasteiger partial charge in [-0.25, -0.2) is 19.6 Å². The normalized spacial score (nSPS) is 14.9. The van der Waals surface area contributed by atoms with Gasteiger partial charge in [0.15, 0.2) is 11.2 Å². The highest BCUT2D eigenvalue weighted by molar-refractivity contribution is 5.80. The fraction of sp³-hybridized carbons (Fsp3) is 0.485. The first-order chi connectivity index (χ1) is 22.4. The zero-order chi connectivity index (χ0) is 33.9. The fourth-order valence-corrected chi connectivity index (χ4v) is 5.52. The molecule has 1 amide bonds. The topological polar surface area (TPSA) is 155 Å². The minimum absolute atomic E-state index is 0.115. The molecule has 0 radical (unpaired) electrons. The van der Waals surface area contributed by atoms with Crippen molar-refractivity contribution < 1.29 is 19.1 Å². The number of aryl methyl sites for hydroxylation is 2. The third kappa shape index (κ3) is 6.84. The monoisotopic (exact) mass is 644 g/mol. The van der Waals surface area contributed by atoms with Gasteiger partial charge in [0.25, 0.3) is 5.56 Å². The number of hydrogen-bond donors (Lipinski definition) is 1. The number of aromatic nitrogens is 6. The summed E-state index contributed by atoms with van der Waals surface area (Å²) in [5, 5.41) is 3.73. The number of nitrogens with one attached hydrogen (secondary N) is 1. The number of para-hydroxylation sites is 1. The number of carbonyl (C=O) groups is 2. The number of ether oxygens (including phenoxy) is 2. The second kappa shape index (κ2) is 13.7. The molecular formula is C33H40N8O6. The van der Waals surface area contributed by atoms with Crippen molar-refractivity contribution in [2.45, 2.75) is 73.0 Å². The van der Waals surface area contributed by atoms with Gasteiger partial charge in [-0.2, -0.15) is 4.98 Å². The number of fused-ring (bicyclic) bond motifs is 2. The summed E-state index contributed by atoms with van der Waals surface area (Å²) >= 11 is 0. The number of nitrogens with zero attached hydrogens (tertiary/aromatic N) is 7. The predicted molar refractivity (Wildman–Crippen MR) is 176 cm³/mol. The van der Waals surface area contributed by atoms with Crippen LogP contribution in [0.3, 0.4) is 0 Å². The first kappa shape index (κ1) is 33.2. The van der Waals surface area contributed by atoms with Gasteiger partial charge in [-0.3, -0.25) is 23.3 Å². The minimum Gasteiger partial charge on any atom is -0.427 e. The lowest BCUT2D eigenvalue weighted by atomic mass is 9.91. The van der Waals surface area contributed by atoms with Gasteiger partial charge in [0, 0.05) is 37.3 Å². The summed E-state index contributed by atoms with van der Waals surface area (Å²) in [4.78, 5) is 68.2. The molecule has 1 atom stereocenters. The maximum Gasteiger partial charge on any atom is 0.410 e. The molecule has 14 nitrogen and oxygen atoms in total. The van der Waals surface area contributed by atoms with Crippen molar-refractivity contribution in [3.63, 3.8) is 0 Å². The molecule has 1 N–H and O–H groups in total. The van der Waals surface area contributed by atoms with Gasteiger partial charge in [-0.05, 0) is 53.0 Å². The highest BCUT2D eigenvalue weighted by Crippen LogP contribution is 2.24. The number of anilines is 1. The van der Waals surface area contributed by atoms with Gasteiger partial charge < -0.3 is 19.7 Å². The molecule has 1 aliphatic rings. The Kier molecular flexibility index (Phi) is 9.64. The third-order valence-corrected chi connectivity index (χ3v) is 8.61. The van der Waals surface area contributed by atoms with Crippen LogP contribution in [0.2, 0.25) is 0 Å². The first-order valence-electron chi connectivity index (χ1n) is 15.6. The average molecular weight is 645 g/mol. The van der Waals surface area contributed by atoms with Crippen LogP contribution in [0.25, 0.3) is 22.1 Å². The summed E-state index contributed by atoms with van der Waals surface area (Å²) in [5.74, 6) is 6.26. The van der Waals surface area contributed by atoms with E-state index < -0.39 is 35.5 Å². The van der Waals surface area contributed by atoms with Crippen molar-refractivity contribution in [2.24, 2.45) is 12.5 Å². The van der Waals surface area contributed by atoms with Crippen LogP contribution < -0.4 is 21.5 Å². The summed E-state index contributed by atoms with van der Waals surface area (Å²) in [7, 11) is 1.57. The van der Waals surface area contributed by atoms with Gasteiger partial charge >= 0.3 is 17.8 Å². The number of carbonyl (C=O) groups excluding carboxylic acids is 2. The SMILES string of the molecule is CC#CCn1c(N2CCC[C@@H](NC(=O)OCOC(=O)C(C)(C)CC)C2)nc2c1c(=O)n(Cc1nc(C)c3ccccc3n1)c(=O)n2C. The molecule has 5 rings (SSSR count). The van der Waals surface area contributed by atoms with Gasteiger partial charge in [0.2, 0.25) is 12.7 Å². The molecule has 3 aromatic heterocycles. The Hall–Kier alpha value is -5.19. The Bertz CT molecular complexity index is 2020. The van der Waals surface area contributed by atoms with E-state index in [9.17, 15) is 19.2 Å². The van der Waals surface area contributed by atoms with Crippen LogP contribution in [0.5, 0.6) is 0 Å². The average Bonchev–Trinajstić information content (AvgIpc) is 3.44. The highest BCUT2D eigenvalue weighted by Gasteiger charge is 2.30. The van der Waals surface area contributed by atoms with Crippen molar-refractivity contribution in [2.75, 3.05) is 24.8 Å². The lowest BCUT2D eigenvalue weighted by Gasteiger charge is -2.33. The van der Waals surface area contributed by atoms with Crippen molar-refractivity contribution >= 4 is 40.1 Å². The smallest absolute Gasteiger partial charge is 0.410 e. The molecule has 4 heterocycles. The molecule has 1 aliphatic heterocycles. The number of rotatable bonds is 9. The molecule has 248 valence electrons. The largest absolute Gasteiger partial charge is 0.427 e. The maximum atomic E-state index is 14.0. The summed E-state index contributed by atoms with van der Waals surface area (Å²) in [6.07, 6.45) is 1.28. The van der Waals surface area contributed by atoms with Crippen LogP contribution in [-0.4, -0.2) is 66.6 Å². The first-order valence-corrected chi connectivity index (χ1v) is 15.6. The van der Waals surface area contributed by atoms with E-state index in [4.69, 9.17) is 14.5 Å². The molecule has 0 saturated carbocycles. The number of amides is 1. The molecule has 0 bridgehead atoms. The lowest BCUT2D eigenvalue weighted by Crippen LogP contribution is -2.48. The number of esters is 1. The number of imidazole rings is 1. The molecule has 4 aromatic rings. The molecular weight excluding hydrogens is 604 g/mol. The number of alkyl carbamates (subject to hydrolysis) is 1. The Morgan fingerprint density at radius 3 is 2.62 bits per heavy atom. The molecule has 0 aliphatic carbocycles. The van der Waals surface area contributed by atoms with E-state index >= 15 is 0 Å². The van der Waals surface area contributed by atoms with Gasteiger partial charge in [-0.15, -0.1) is 5.92 Å².